The Morgan fingerprint density at radius 3 is 2.79 bits per heavy atom. The Morgan fingerprint density at radius 2 is 2.21 bits per heavy atom. The summed E-state index contributed by atoms with van der Waals surface area (Å²) >= 11 is 1.58. The third-order valence-corrected chi connectivity index (χ3v) is 4.17. The fraction of sp³-hybridized carbons (Fsp3) is 0.750. The van der Waals surface area contributed by atoms with Crippen LogP contribution in [0.25, 0.3) is 0 Å². The van der Waals surface area contributed by atoms with Crippen molar-refractivity contribution in [3.63, 3.8) is 0 Å². The van der Waals surface area contributed by atoms with E-state index in [0.29, 0.717) is 6.61 Å². The molecule has 106 valence electrons. The molecule has 1 aromatic rings. The fourth-order valence-electron chi connectivity index (χ4n) is 2.20. The molecule has 0 aromatic carbocycles. The lowest BCUT2D eigenvalue weighted by Crippen LogP contribution is -2.36. The number of aromatic nitrogens is 2. The van der Waals surface area contributed by atoms with E-state index in [0.717, 1.165) is 42.6 Å². The first-order valence-corrected chi connectivity index (χ1v) is 7.43. The second-order valence-electron chi connectivity index (χ2n) is 4.55. The zero-order chi connectivity index (χ0) is 13.7. The van der Waals surface area contributed by atoms with Gasteiger partial charge < -0.3 is 10.1 Å². The minimum atomic E-state index is -0.0458. The second kappa shape index (κ2) is 6.81. The molecule has 0 atom stereocenters. The van der Waals surface area contributed by atoms with Gasteiger partial charge in [0.1, 0.15) is 5.01 Å². The van der Waals surface area contributed by atoms with E-state index in [1.807, 2.05) is 14.0 Å². The number of esters is 1. The molecule has 1 aliphatic rings. The van der Waals surface area contributed by atoms with Gasteiger partial charge in [0, 0.05) is 7.05 Å². The highest BCUT2D eigenvalue weighted by Crippen LogP contribution is 2.22. The molecule has 0 amide bonds. The fourth-order valence-corrected chi connectivity index (χ4v) is 2.93. The van der Waals surface area contributed by atoms with E-state index in [4.69, 9.17) is 4.74 Å². The van der Waals surface area contributed by atoms with Crippen LogP contribution in [-0.2, 0) is 16.1 Å². The molecule has 1 aromatic heterocycles. The normalized spacial score (nSPS) is 17.4. The largest absolute Gasteiger partial charge is 0.466 e. The van der Waals surface area contributed by atoms with Crippen LogP contribution >= 0.6 is 11.3 Å². The Hall–Kier alpha value is -1.21. The maximum absolute atomic E-state index is 11.6. The van der Waals surface area contributed by atoms with E-state index in [-0.39, 0.29) is 11.9 Å². The maximum atomic E-state index is 11.6. The smallest absolute Gasteiger partial charge is 0.309 e. The molecule has 2 rings (SSSR count). The predicted octanol–water partition coefficient (Wildman–Crippen LogP) is 1.35. The van der Waals surface area contributed by atoms with E-state index >= 15 is 0 Å². The molecule has 0 aliphatic carbocycles. The topological polar surface area (TPSA) is 67.3 Å². The van der Waals surface area contributed by atoms with Gasteiger partial charge in [0.05, 0.1) is 19.1 Å². The van der Waals surface area contributed by atoms with Crippen LogP contribution in [0.1, 0.15) is 24.8 Å². The quantitative estimate of drug-likeness (QED) is 0.823. The van der Waals surface area contributed by atoms with Crippen LogP contribution in [0.4, 0.5) is 5.13 Å². The Bertz CT molecular complexity index is 416. The van der Waals surface area contributed by atoms with Crippen LogP contribution in [0, 0.1) is 5.92 Å². The molecule has 1 N–H and O–H groups in total. The summed E-state index contributed by atoms with van der Waals surface area (Å²) in [7, 11) is 1.84. The Balaban J connectivity index is 1.78. The number of likely N-dealkylation sites (tertiary alicyclic amines) is 1. The minimum Gasteiger partial charge on any atom is -0.466 e. The van der Waals surface area contributed by atoms with Crippen LogP contribution in [0.2, 0.25) is 0 Å². The van der Waals surface area contributed by atoms with Crippen LogP contribution in [0.5, 0.6) is 0 Å². The number of piperidine rings is 1. The first-order chi connectivity index (χ1) is 9.22. The van der Waals surface area contributed by atoms with Gasteiger partial charge in [0.25, 0.3) is 0 Å². The third kappa shape index (κ3) is 3.87. The molecule has 1 saturated heterocycles. The molecule has 0 saturated carbocycles. The van der Waals surface area contributed by atoms with Gasteiger partial charge in [0.2, 0.25) is 5.13 Å². The Morgan fingerprint density at radius 1 is 1.47 bits per heavy atom. The van der Waals surface area contributed by atoms with Crippen molar-refractivity contribution in [1.82, 2.24) is 15.1 Å². The number of nitrogens with zero attached hydrogens (tertiary/aromatic N) is 3. The van der Waals surface area contributed by atoms with Gasteiger partial charge in [-0.2, -0.15) is 0 Å². The number of rotatable bonds is 5. The van der Waals surface area contributed by atoms with Gasteiger partial charge in [-0.3, -0.25) is 9.69 Å². The van der Waals surface area contributed by atoms with E-state index in [9.17, 15) is 4.79 Å². The van der Waals surface area contributed by atoms with Crippen LogP contribution < -0.4 is 5.32 Å². The summed E-state index contributed by atoms with van der Waals surface area (Å²) in [5.74, 6) is 0.0222. The molecule has 6 nitrogen and oxygen atoms in total. The van der Waals surface area contributed by atoms with Gasteiger partial charge >= 0.3 is 5.97 Å². The lowest BCUT2D eigenvalue weighted by Gasteiger charge is -2.29. The highest BCUT2D eigenvalue weighted by molar-refractivity contribution is 7.15. The molecule has 0 unspecified atom stereocenters. The third-order valence-electron chi connectivity index (χ3n) is 3.25. The first-order valence-electron chi connectivity index (χ1n) is 6.62. The molecule has 1 aliphatic heterocycles. The molecule has 2 heterocycles. The number of nitrogens with one attached hydrogen (secondary N) is 1. The summed E-state index contributed by atoms with van der Waals surface area (Å²) in [6, 6.07) is 0. The molecular formula is C12H20N4O2S. The average molecular weight is 284 g/mol. The molecular weight excluding hydrogens is 264 g/mol. The van der Waals surface area contributed by atoms with Crippen LogP contribution in [0.15, 0.2) is 0 Å². The number of hydrogen-bond acceptors (Lipinski definition) is 7. The maximum Gasteiger partial charge on any atom is 0.309 e. The van der Waals surface area contributed by atoms with Gasteiger partial charge in [-0.1, -0.05) is 11.3 Å². The second-order valence-corrected chi connectivity index (χ2v) is 5.62. The first kappa shape index (κ1) is 14.2. The van der Waals surface area contributed by atoms with Crippen molar-refractivity contribution in [2.75, 3.05) is 32.1 Å². The summed E-state index contributed by atoms with van der Waals surface area (Å²) in [4.78, 5) is 14.0. The van der Waals surface area contributed by atoms with E-state index in [1.165, 1.54) is 0 Å². The number of carbonyl (C=O) groups excluding carboxylic acids is 1. The highest BCUT2D eigenvalue weighted by Gasteiger charge is 2.26. The zero-order valence-corrected chi connectivity index (χ0v) is 12.2. The van der Waals surface area contributed by atoms with Crippen LogP contribution in [0.3, 0.4) is 0 Å². The van der Waals surface area contributed by atoms with Gasteiger partial charge in [-0.25, -0.2) is 0 Å². The lowest BCUT2D eigenvalue weighted by molar-refractivity contribution is -0.149. The summed E-state index contributed by atoms with van der Waals surface area (Å²) in [6.45, 7) is 4.96. The number of hydrogen-bond donors (Lipinski definition) is 1. The van der Waals surface area contributed by atoms with E-state index < -0.39 is 0 Å². The molecule has 1 fully saturated rings. The van der Waals surface area contributed by atoms with E-state index in [1.54, 1.807) is 11.3 Å². The van der Waals surface area contributed by atoms with Gasteiger partial charge in [-0.05, 0) is 32.9 Å². The lowest BCUT2D eigenvalue weighted by atomic mass is 9.97. The van der Waals surface area contributed by atoms with Crippen molar-refractivity contribution in [3.05, 3.63) is 5.01 Å². The van der Waals surface area contributed by atoms with E-state index in [2.05, 4.69) is 20.4 Å². The Kier molecular flexibility index (Phi) is 5.09. The SMILES string of the molecule is CCOC(=O)C1CCN(Cc2nnc(NC)s2)CC1. The van der Waals surface area contributed by atoms with Crippen molar-refractivity contribution < 1.29 is 9.53 Å². The summed E-state index contributed by atoms with van der Waals surface area (Å²) in [5.41, 5.74) is 0. The zero-order valence-electron chi connectivity index (χ0n) is 11.4. The predicted molar refractivity (Wildman–Crippen MR) is 74.1 cm³/mol. The Labute approximate surface area is 117 Å². The summed E-state index contributed by atoms with van der Waals surface area (Å²) in [5, 5.41) is 13.0. The molecule has 0 spiro atoms. The average Bonchev–Trinajstić information content (AvgIpc) is 2.87. The van der Waals surface area contributed by atoms with Crippen molar-refractivity contribution in [1.29, 1.82) is 0 Å². The van der Waals surface area contributed by atoms with Gasteiger partial charge in [0.15, 0.2) is 0 Å². The minimum absolute atomic E-state index is 0.0458. The highest BCUT2D eigenvalue weighted by atomic mass is 32.1. The molecule has 19 heavy (non-hydrogen) atoms. The monoisotopic (exact) mass is 284 g/mol. The number of carbonyl (C=O) groups is 1. The number of anilines is 1. The van der Waals surface area contributed by atoms with Crippen molar-refractivity contribution in [3.8, 4) is 0 Å². The summed E-state index contributed by atoms with van der Waals surface area (Å²) in [6.07, 6.45) is 1.74. The van der Waals surface area contributed by atoms with Crippen LogP contribution in [-0.4, -0.2) is 47.8 Å². The molecule has 0 radical (unpaired) electrons. The van der Waals surface area contributed by atoms with Gasteiger partial charge in [-0.15, -0.1) is 10.2 Å². The van der Waals surface area contributed by atoms with Crippen molar-refractivity contribution >= 4 is 22.4 Å². The molecule has 0 bridgehead atoms. The standard InChI is InChI=1S/C12H20N4O2S/c1-3-18-11(17)9-4-6-16(7-5-9)8-10-14-15-12(13-2)19-10/h9H,3-8H2,1-2H3,(H,13,15). The van der Waals surface area contributed by atoms with Crippen molar-refractivity contribution in [2.45, 2.75) is 26.3 Å². The summed E-state index contributed by atoms with van der Waals surface area (Å²) < 4.78 is 5.07. The molecule has 7 heteroatoms. The van der Waals surface area contributed by atoms with Crippen molar-refractivity contribution in [2.24, 2.45) is 5.92 Å². The number of ether oxygens (including phenoxy) is 1.